The molecule has 2 rings (SSSR count). The number of likely N-dealkylation sites (tertiary alicyclic amines) is 1. The highest BCUT2D eigenvalue weighted by Gasteiger charge is 2.31. The Hall–Kier alpha value is -1.29. The van der Waals surface area contributed by atoms with Crippen molar-refractivity contribution in [1.82, 2.24) is 4.90 Å². The summed E-state index contributed by atoms with van der Waals surface area (Å²) in [5.41, 5.74) is -0.412. The molecule has 1 fully saturated rings. The minimum atomic E-state index is -0.777. The Labute approximate surface area is 118 Å². The van der Waals surface area contributed by atoms with Gasteiger partial charge in [-0.1, -0.05) is 19.9 Å². The molecule has 3 unspecified atom stereocenters. The summed E-state index contributed by atoms with van der Waals surface area (Å²) in [6.07, 6.45) is 1.12. The molecule has 1 aliphatic heterocycles. The number of nitrogens with zero attached hydrogens (tertiary/aromatic N) is 1. The van der Waals surface area contributed by atoms with Crippen LogP contribution in [-0.2, 0) is 0 Å². The molecule has 1 heterocycles. The van der Waals surface area contributed by atoms with E-state index in [4.69, 9.17) is 0 Å². The van der Waals surface area contributed by atoms with Gasteiger partial charge in [-0.3, -0.25) is 9.69 Å². The molecule has 4 heteroatoms. The molecule has 20 heavy (non-hydrogen) atoms. The summed E-state index contributed by atoms with van der Waals surface area (Å²) >= 11 is 0. The molecule has 3 atom stereocenters. The molecule has 1 aromatic carbocycles. The highest BCUT2D eigenvalue weighted by molar-refractivity contribution is 5.98. The summed E-state index contributed by atoms with van der Waals surface area (Å²) in [6, 6.07) is 3.78. The molecule has 0 saturated carbocycles. The van der Waals surface area contributed by atoms with Gasteiger partial charge < -0.3 is 0 Å². The summed E-state index contributed by atoms with van der Waals surface area (Å²) < 4.78 is 27.3. The zero-order chi connectivity index (χ0) is 14.9. The fraction of sp³-hybridized carbons (Fsp3) is 0.562. The van der Waals surface area contributed by atoms with Crippen LogP contribution in [0.1, 0.15) is 37.6 Å². The Bertz CT molecular complexity index is 483. The van der Waals surface area contributed by atoms with Crippen LogP contribution in [0.25, 0.3) is 0 Å². The lowest BCUT2D eigenvalue weighted by molar-refractivity contribution is 0.0644. The van der Waals surface area contributed by atoms with Gasteiger partial charge >= 0.3 is 0 Å². The third-order valence-corrected chi connectivity index (χ3v) is 4.31. The van der Waals surface area contributed by atoms with Crippen LogP contribution in [0.2, 0.25) is 0 Å². The molecule has 0 amide bonds. The van der Waals surface area contributed by atoms with Gasteiger partial charge in [0.2, 0.25) is 0 Å². The van der Waals surface area contributed by atoms with Crippen LogP contribution >= 0.6 is 0 Å². The minimum absolute atomic E-state index is 0.0771. The van der Waals surface area contributed by atoms with Gasteiger partial charge in [-0.15, -0.1) is 0 Å². The van der Waals surface area contributed by atoms with Crippen LogP contribution in [0.4, 0.5) is 8.78 Å². The van der Waals surface area contributed by atoms with Crippen molar-refractivity contribution in [2.75, 3.05) is 13.1 Å². The second-order valence-electron chi connectivity index (χ2n) is 6.01. The van der Waals surface area contributed by atoms with Gasteiger partial charge in [0.15, 0.2) is 5.78 Å². The molecule has 110 valence electrons. The van der Waals surface area contributed by atoms with Gasteiger partial charge in [-0.05, 0) is 37.3 Å². The number of halogens is 2. The summed E-state index contributed by atoms with van der Waals surface area (Å²) in [4.78, 5) is 14.2. The number of piperidine rings is 1. The molecular formula is C16H21F2NO. The topological polar surface area (TPSA) is 20.3 Å². The minimum Gasteiger partial charge on any atom is -0.293 e. The van der Waals surface area contributed by atoms with E-state index in [1.54, 1.807) is 0 Å². The van der Waals surface area contributed by atoms with E-state index in [1.165, 1.54) is 6.07 Å². The number of rotatable bonds is 3. The molecule has 0 aliphatic carbocycles. The van der Waals surface area contributed by atoms with E-state index >= 15 is 0 Å². The number of hydrogen-bond donors (Lipinski definition) is 0. The van der Waals surface area contributed by atoms with Gasteiger partial charge in [0.1, 0.15) is 11.6 Å². The van der Waals surface area contributed by atoms with Crippen molar-refractivity contribution in [3.63, 3.8) is 0 Å². The third-order valence-electron chi connectivity index (χ3n) is 4.31. The zero-order valence-corrected chi connectivity index (χ0v) is 12.2. The van der Waals surface area contributed by atoms with Crippen molar-refractivity contribution in [2.45, 2.75) is 33.2 Å². The van der Waals surface area contributed by atoms with Gasteiger partial charge in [-0.2, -0.15) is 0 Å². The summed E-state index contributed by atoms with van der Waals surface area (Å²) in [5.74, 6) is -1.05. The largest absolute Gasteiger partial charge is 0.293 e. The number of hydrogen-bond acceptors (Lipinski definition) is 2. The van der Waals surface area contributed by atoms with E-state index in [0.29, 0.717) is 11.8 Å². The lowest BCUT2D eigenvalue weighted by Crippen LogP contribution is -2.47. The van der Waals surface area contributed by atoms with Crippen LogP contribution in [0.3, 0.4) is 0 Å². The maximum absolute atomic E-state index is 13.6. The maximum Gasteiger partial charge on any atom is 0.182 e. The average Bonchev–Trinajstić information content (AvgIpc) is 2.35. The van der Waals surface area contributed by atoms with Gasteiger partial charge in [0.05, 0.1) is 12.1 Å². The number of benzene rings is 1. The van der Waals surface area contributed by atoms with E-state index in [-0.39, 0.29) is 12.6 Å². The fourth-order valence-electron chi connectivity index (χ4n) is 3.07. The Balaban J connectivity index is 2.15. The SMILES string of the molecule is CC1CC(C)C(C)N(CC(=O)c2c(F)cccc2F)C1. The molecule has 0 bridgehead atoms. The van der Waals surface area contributed by atoms with Crippen molar-refractivity contribution in [3.05, 3.63) is 35.4 Å². The highest BCUT2D eigenvalue weighted by Crippen LogP contribution is 2.27. The summed E-state index contributed by atoms with van der Waals surface area (Å²) in [5, 5.41) is 0. The predicted molar refractivity (Wildman–Crippen MR) is 74.7 cm³/mol. The van der Waals surface area contributed by atoms with E-state index in [1.807, 2.05) is 4.90 Å². The zero-order valence-electron chi connectivity index (χ0n) is 12.2. The number of carbonyl (C=O) groups is 1. The van der Waals surface area contributed by atoms with Crippen LogP contribution < -0.4 is 0 Å². The Morgan fingerprint density at radius 3 is 2.45 bits per heavy atom. The first-order valence-electron chi connectivity index (χ1n) is 7.11. The Morgan fingerprint density at radius 1 is 1.25 bits per heavy atom. The van der Waals surface area contributed by atoms with Crippen molar-refractivity contribution >= 4 is 5.78 Å². The van der Waals surface area contributed by atoms with Crippen molar-refractivity contribution in [2.24, 2.45) is 11.8 Å². The first-order chi connectivity index (χ1) is 9.40. The standard InChI is InChI=1S/C16H21F2NO/c1-10-7-11(2)12(3)19(8-10)9-15(20)16-13(17)5-4-6-14(16)18/h4-6,10-12H,7-9H2,1-3H3. The number of ketones is 1. The molecule has 1 aliphatic rings. The smallest absolute Gasteiger partial charge is 0.182 e. The van der Waals surface area contributed by atoms with E-state index in [2.05, 4.69) is 20.8 Å². The van der Waals surface area contributed by atoms with Gasteiger partial charge in [-0.25, -0.2) is 8.78 Å². The first kappa shape index (κ1) is 15.1. The fourth-order valence-corrected chi connectivity index (χ4v) is 3.07. The maximum atomic E-state index is 13.6. The molecular weight excluding hydrogens is 260 g/mol. The average molecular weight is 281 g/mol. The van der Waals surface area contributed by atoms with E-state index in [9.17, 15) is 13.6 Å². The van der Waals surface area contributed by atoms with Crippen LogP contribution in [0.15, 0.2) is 18.2 Å². The summed E-state index contributed by atoms with van der Waals surface area (Å²) in [6.45, 7) is 7.24. The normalized spacial score (nSPS) is 27.6. The van der Waals surface area contributed by atoms with Crippen LogP contribution in [0, 0.1) is 23.5 Å². The first-order valence-corrected chi connectivity index (χ1v) is 7.11. The monoisotopic (exact) mass is 281 g/mol. The highest BCUT2D eigenvalue weighted by atomic mass is 19.1. The van der Waals surface area contributed by atoms with Crippen molar-refractivity contribution in [1.29, 1.82) is 0 Å². The van der Waals surface area contributed by atoms with E-state index in [0.717, 1.165) is 25.1 Å². The second-order valence-corrected chi connectivity index (χ2v) is 6.01. The van der Waals surface area contributed by atoms with E-state index < -0.39 is 23.0 Å². The summed E-state index contributed by atoms with van der Waals surface area (Å²) in [7, 11) is 0. The molecule has 1 aromatic rings. The molecule has 2 nitrogen and oxygen atoms in total. The number of carbonyl (C=O) groups excluding carboxylic acids is 1. The molecule has 0 radical (unpaired) electrons. The van der Waals surface area contributed by atoms with Crippen molar-refractivity contribution < 1.29 is 13.6 Å². The van der Waals surface area contributed by atoms with Crippen LogP contribution in [0.5, 0.6) is 0 Å². The van der Waals surface area contributed by atoms with Crippen LogP contribution in [-0.4, -0.2) is 29.8 Å². The lowest BCUT2D eigenvalue weighted by atomic mass is 9.85. The molecule has 0 spiro atoms. The predicted octanol–water partition coefficient (Wildman–Crippen LogP) is 3.51. The van der Waals surface area contributed by atoms with Gasteiger partial charge in [0.25, 0.3) is 0 Å². The second kappa shape index (κ2) is 6.00. The Kier molecular flexibility index (Phi) is 4.53. The molecule has 0 aromatic heterocycles. The molecule has 0 N–H and O–H groups in total. The lowest BCUT2D eigenvalue weighted by Gasteiger charge is -2.40. The van der Waals surface area contributed by atoms with Gasteiger partial charge in [0, 0.05) is 12.6 Å². The molecule has 1 saturated heterocycles. The number of Topliss-reactive ketones (excluding diaryl/α,β-unsaturated/α-hetero) is 1. The van der Waals surface area contributed by atoms with Crippen molar-refractivity contribution in [3.8, 4) is 0 Å². The third kappa shape index (κ3) is 3.06. The quantitative estimate of drug-likeness (QED) is 0.790. The Morgan fingerprint density at radius 2 is 1.85 bits per heavy atom.